The first-order valence-corrected chi connectivity index (χ1v) is 14.8. The molecule has 35 heavy (non-hydrogen) atoms. The van der Waals surface area contributed by atoms with Crippen LogP contribution >= 0.6 is 0 Å². The third-order valence-electron chi connectivity index (χ3n) is 6.95. The molecule has 2 aromatic rings. The number of aryl methyl sites for hydroxylation is 1. The maximum atomic E-state index is 13.2. The van der Waals surface area contributed by atoms with Crippen LogP contribution in [0.4, 0.5) is 5.82 Å². The molecule has 3 heterocycles. The smallest absolute Gasteiger partial charge is 0.214 e. The van der Waals surface area contributed by atoms with E-state index in [2.05, 4.69) is 43.0 Å². The van der Waals surface area contributed by atoms with Gasteiger partial charge in [0.05, 0.1) is 24.7 Å². The Morgan fingerprint density at radius 3 is 2.54 bits per heavy atom. The Morgan fingerprint density at radius 2 is 1.77 bits per heavy atom. The molecule has 0 unspecified atom stereocenters. The van der Waals surface area contributed by atoms with Crippen molar-refractivity contribution < 1.29 is 13.2 Å². The molecule has 0 amide bonds. The Balaban J connectivity index is 1.52. The molecule has 0 saturated carbocycles. The van der Waals surface area contributed by atoms with Gasteiger partial charge in [-0.1, -0.05) is 68.9 Å². The Labute approximate surface area is 211 Å². The second-order valence-corrected chi connectivity index (χ2v) is 11.9. The molecule has 1 aromatic carbocycles. The molecule has 0 spiro atoms. The Morgan fingerprint density at radius 1 is 1.00 bits per heavy atom. The SMILES string of the molecule is CCCCCCCCS(=O)(=O)N1CCc2nc(Cc3cccc(C)c3)nc(N3CCOCC3)c2C1. The van der Waals surface area contributed by atoms with Gasteiger partial charge in [-0.2, -0.15) is 4.31 Å². The highest BCUT2D eigenvalue weighted by molar-refractivity contribution is 7.89. The van der Waals surface area contributed by atoms with E-state index in [1.807, 2.05) is 0 Å². The molecule has 0 atom stereocenters. The zero-order valence-corrected chi connectivity index (χ0v) is 22.2. The number of sulfonamides is 1. The summed E-state index contributed by atoms with van der Waals surface area (Å²) in [7, 11) is -3.30. The zero-order valence-electron chi connectivity index (χ0n) is 21.3. The summed E-state index contributed by atoms with van der Waals surface area (Å²) in [4.78, 5) is 12.2. The fourth-order valence-corrected chi connectivity index (χ4v) is 6.50. The molecule has 192 valence electrons. The Hall–Kier alpha value is -2.03. The molecule has 2 aliphatic rings. The summed E-state index contributed by atoms with van der Waals surface area (Å²) in [5.41, 5.74) is 4.38. The van der Waals surface area contributed by atoms with Gasteiger partial charge in [0, 0.05) is 44.6 Å². The fourth-order valence-electron chi connectivity index (χ4n) is 4.97. The van der Waals surface area contributed by atoms with Gasteiger partial charge in [0.1, 0.15) is 11.6 Å². The second-order valence-electron chi connectivity index (χ2n) is 9.82. The molecule has 1 saturated heterocycles. The van der Waals surface area contributed by atoms with Gasteiger partial charge in [0.2, 0.25) is 10.0 Å². The van der Waals surface area contributed by atoms with Crippen molar-refractivity contribution in [3.63, 3.8) is 0 Å². The molecule has 0 bridgehead atoms. The van der Waals surface area contributed by atoms with Crippen LogP contribution in [0.15, 0.2) is 24.3 Å². The standard InChI is InChI=1S/C27H40N4O3S/c1-3-4-5-6-7-8-18-35(32,33)31-13-12-25-24(21-31)27(30-14-16-34-17-15-30)29-26(28-25)20-23-11-9-10-22(2)19-23/h9-11,19H,3-8,12-18,20-21H2,1-2H3. The van der Waals surface area contributed by atoms with E-state index in [0.717, 1.165) is 55.3 Å². The number of anilines is 1. The molecule has 8 heteroatoms. The van der Waals surface area contributed by atoms with Gasteiger partial charge in [-0.3, -0.25) is 0 Å². The first-order chi connectivity index (χ1) is 17.0. The van der Waals surface area contributed by atoms with Crippen molar-refractivity contribution in [2.75, 3.05) is 43.5 Å². The third kappa shape index (κ3) is 7.02. The van der Waals surface area contributed by atoms with Crippen LogP contribution in [0, 0.1) is 6.92 Å². The van der Waals surface area contributed by atoms with Crippen molar-refractivity contribution >= 4 is 15.8 Å². The van der Waals surface area contributed by atoms with Crippen molar-refractivity contribution in [1.82, 2.24) is 14.3 Å². The lowest BCUT2D eigenvalue weighted by Gasteiger charge is -2.34. The van der Waals surface area contributed by atoms with E-state index in [-0.39, 0.29) is 5.75 Å². The van der Waals surface area contributed by atoms with E-state index < -0.39 is 10.0 Å². The number of aromatic nitrogens is 2. The predicted molar refractivity (Wildman–Crippen MR) is 140 cm³/mol. The van der Waals surface area contributed by atoms with Crippen LogP contribution in [0.1, 0.15) is 73.7 Å². The van der Waals surface area contributed by atoms with Crippen LogP contribution in [0.5, 0.6) is 0 Å². The van der Waals surface area contributed by atoms with Gasteiger partial charge < -0.3 is 9.64 Å². The van der Waals surface area contributed by atoms with Gasteiger partial charge in [-0.25, -0.2) is 18.4 Å². The van der Waals surface area contributed by atoms with E-state index in [1.165, 1.54) is 30.4 Å². The van der Waals surface area contributed by atoms with E-state index in [9.17, 15) is 8.42 Å². The minimum absolute atomic E-state index is 0.230. The van der Waals surface area contributed by atoms with E-state index in [4.69, 9.17) is 14.7 Å². The number of nitrogens with zero attached hydrogens (tertiary/aromatic N) is 4. The van der Waals surface area contributed by atoms with Gasteiger partial charge in [0.25, 0.3) is 0 Å². The molecule has 0 radical (unpaired) electrons. The van der Waals surface area contributed by atoms with E-state index >= 15 is 0 Å². The molecule has 0 aliphatic carbocycles. The summed E-state index contributed by atoms with van der Waals surface area (Å²) < 4.78 is 33.6. The van der Waals surface area contributed by atoms with Gasteiger partial charge >= 0.3 is 0 Å². The number of hydrogen-bond donors (Lipinski definition) is 0. The number of unbranched alkanes of at least 4 members (excludes halogenated alkanes) is 5. The van der Waals surface area contributed by atoms with Crippen LogP contribution in [-0.4, -0.2) is 61.3 Å². The summed E-state index contributed by atoms with van der Waals surface area (Å²) >= 11 is 0. The average molecular weight is 501 g/mol. The first kappa shape index (κ1) is 26.0. The monoisotopic (exact) mass is 500 g/mol. The molecule has 1 aromatic heterocycles. The van der Waals surface area contributed by atoms with Crippen molar-refractivity contribution in [1.29, 1.82) is 0 Å². The highest BCUT2D eigenvalue weighted by Crippen LogP contribution is 2.29. The van der Waals surface area contributed by atoms with Gasteiger partial charge in [-0.05, 0) is 18.9 Å². The molecular weight excluding hydrogens is 460 g/mol. The normalized spacial score (nSPS) is 16.9. The fraction of sp³-hybridized carbons (Fsp3) is 0.630. The summed E-state index contributed by atoms with van der Waals surface area (Å²) in [6.45, 7) is 7.99. The molecule has 0 N–H and O–H groups in total. The lowest BCUT2D eigenvalue weighted by Crippen LogP contribution is -2.42. The zero-order chi connectivity index (χ0) is 24.7. The molecule has 2 aliphatic heterocycles. The number of hydrogen-bond acceptors (Lipinski definition) is 6. The van der Waals surface area contributed by atoms with Crippen LogP contribution in [-0.2, 0) is 34.1 Å². The lowest BCUT2D eigenvalue weighted by molar-refractivity contribution is 0.122. The first-order valence-electron chi connectivity index (χ1n) is 13.2. The number of fused-ring (bicyclic) bond motifs is 1. The molecule has 1 fully saturated rings. The summed E-state index contributed by atoms with van der Waals surface area (Å²) in [5.74, 6) is 1.92. The Kier molecular flexibility index (Phi) is 9.14. The van der Waals surface area contributed by atoms with E-state index in [1.54, 1.807) is 4.31 Å². The predicted octanol–water partition coefficient (Wildman–Crippen LogP) is 4.26. The largest absolute Gasteiger partial charge is 0.378 e. The van der Waals surface area contributed by atoms with Crippen LogP contribution < -0.4 is 4.90 Å². The third-order valence-corrected chi connectivity index (χ3v) is 8.86. The summed E-state index contributed by atoms with van der Waals surface area (Å²) in [6.07, 6.45) is 7.76. The maximum absolute atomic E-state index is 13.2. The van der Waals surface area contributed by atoms with Gasteiger partial charge in [-0.15, -0.1) is 0 Å². The topological polar surface area (TPSA) is 75.6 Å². The summed E-state index contributed by atoms with van der Waals surface area (Å²) in [5, 5.41) is 0. The minimum Gasteiger partial charge on any atom is -0.378 e. The van der Waals surface area contributed by atoms with Crippen molar-refractivity contribution in [2.45, 2.75) is 71.8 Å². The van der Waals surface area contributed by atoms with Gasteiger partial charge in [0.15, 0.2) is 0 Å². The molecule has 4 rings (SSSR count). The molecule has 7 nitrogen and oxygen atoms in total. The second kappa shape index (κ2) is 12.3. The lowest BCUT2D eigenvalue weighted by atomic mass is 10.1. The average Bonchev–Trinajstić information content (AvgIpc) is 2.86. The Bertz CT molecular complexity index is 1080. The highest BCUT2D eigenvalue weighted by Gasteiger charge is 2.31. The van der Waals surface area contributed by atoms with Crippen LogP contribution in [0.3, 0.4) is 0 Å². The van der Waals surface area contributed by atoms with Crippen molar-refractivity contribution in [3.8, 4) is 0 Å². The van der Waals surface area contributed by atoms with Crippen LogP contribution in [0.2, 0.25) is 0 Å². The van der Waals surface area contributed by atoms with Crippen LogP contribution in [0.25, 0.3) is 0 Å². The van der Waals surface area contributed by atoms with E-state index in [0.29, 0.717) is 39.1 Å². The summed E-state index contributed by atoms with van der Waals surface area (Å²) in [6, 6.07) is 8.45. The quantitative estimate of drug-likeness (QED) is 0.429. The molecular formula is C27H40N4O3S. The highest BCUT2D eigenvalue weighted by atomic mass is 32.2. The van der Waals surface area contributed by atoms with Crippen molar-refractivity contribution in [3.05, 3.63) is 52.5 Å². The number of benzene rings is 1. The maximum Gasteiger partial charge on any atom is 0.214 e. The number of ether oxygens (including phenoxy) is 1. The number of morpholine rings is 1. The number of rotatable bonds is 11. The minimum atomic E-state index is -3.30. The van der Waals surface area contributed by atoms with Crippen molar-refractivity contribution in [2.24, 2.45) is 0 Å².